The van der Waals surface area contributed by atoms with Gasteiger partial charge in [-0.25, -0.2) is 9.59 Å². The van der Waals surface area contributed by atoms with Gasteiger partial charge < -0.3 is 31.5 Å². The third-order valence-corrected chi connectivity index (χ3v) is 6.67. The first-order valence-corrected chi connectivity index (χ1v) is 14.3. The molecule has 11 nitrogen and oxygen atoms in total. The van der Waals surface area contributed by atoms with Gasteiger partial charge in [-0.1, -0.05) is 68.4 Å². The van der Waals surface area contributed by atoms with E-state index in [0.29, 0.717) is 35.3 Å². The van der Waals surface area contributed by atoms with Crippen LogP contribution >= 0.6 is 0 Å². The summed E-state index contributed by atoms with van der Waals surface area (Å²) in [6.07, 6.45) is 0.660. The molecule has 0 aromatic heterocycles. The van der Waals surface area contributed by atoms with Crippen molar-refractivity contribution in [3.63, 3.8) is 0 Å². The molecule has 0 unspecified atom stereocenters. The van der Waals surface area contributed by atoms with E-state index in [1.54, 1.807) is 60.7 Å². The molecule has 6 N–H and O–H groups in total. The number of nitrogens with one attached hydrogen (secondary N) is 4. The zero-order chi connectivity index (χ0) is 32.1. The van der Waals surface area contributed by atoms with Crippen LogP contribution in [-0.4, -0.2) is 52.1 Å². The summed E-state index contributed by atoms with van der Waals surface area (Å²) in [6, 6.07) is 20.1. The first-order chi connectivity index (χ1) is 21.0. The van der Waals surface area contributed by atoms with Crippen molar-refractivity contribution in [2.24, 2.45) is 5.92 Å². The van der Waals surface area contributed by atoms with Crippen molar-refractivity contribution in [2.45, 2.75) is 58.0 Å². The fraction of sp³-hybridized carbons (Fsp3) is 0.303. The zero-order valence-electron chi connectivity index (χ0n) is 24.7. The van der Waals surface area contributed by atoms with Crippen LogP contribution in [0.2, 0.25) is 0 Å². The first kappa shape index (κ1) is 33.3. The number of amides is 4. The Kier molecular flexibility index (Phi) is 12.5. The summed E-state index contributed by atoms with van der Waals surface area (Å²) in [6.45, 7) is 3.79. The molecule has 4 amide bonds. The highest BCUT2D eigenvalue weighted by Crippen LogP contribution is 2.14. The smallest absolute Gasteiger partial charge is 0.326 e. The Morgan fingerprint density at radius 2 is 1.25 bits per heavy atom. The minimum absolute atomic E-state index is 0.00739. The monoisotopic (exact) mass is 602 g/mol. The van der Waals surface area contributed by atoms with Crippen LogP contribution in [-0.2, 0) is 38.4 Å². The second-order valence-corrected chi connectivity index (χ2v) is 10.9. The van der Waals surface area contributed by atoms with Crippen LogP contribution in [0.5, 0.6) is 0 Å². The summed E-state index contributed by atoms with van der Waals surface area (Å²) in [5, 5.41) is 29.4. The molecule has 0 heterocycles. The molecule has 0 fully saturated rings. The number of rotatable bonds is 15. The van der Waals surface area contributed by atoms with E-state index in [2.05, 4.69) is 21.3 Å². The molecule has 3 aromatic rings. The first-order valence-electron chi connectivity index (χ1n) is 14.3. The molecular formula is C33H38N4O7. The summed E-state index contributed by atoms with van der Waals surface area (Å²) >= 11 is 0. The summed E-state index contributed by atoms with van der Waals surface area (Å²) in [4.78, 5) is 61.0. The van der Waals surface area contributed by atoms with Gasteiger partial charge in [0.1, 0.15) is 12.1 Å². The van der Waals surface area contributed by atoms with Crippen LogP contribution < -0.4 is 21.3 Å². The molecule has 11 heteroatoms. The van der Waals surface area contributed by atoms with Crippen LogP contribution in [0.15, 0.2) is 78.9 Å². The van der Waals surface area contributed by atoms with Crippen molar-refractivity contribution in [1.82, 2.24) is 10.6 Å². The normalized spacial score (nSPS) is 12.1. The van der Waals surface area contributed by atoms with Crippen molar-refractivity contribution in [1.29, 1.82) is 0 Å². The molecule has 0 radical (unpaired) electrons. The molecule has 2 atom stereocenters. The molecule has 44 heavy (non-hydrogen) atoms. The van der Waals surface area contributed by atoms with Crippen molar-refractivity contribution in [3.05, 3.63) is 95.6 Å². The number of hydrogen-bond acceptors (Lipinski definition) is 5. The Hall–Kier alpha value is -5.19. The van der Waals surface area contributed by atoms with Gasteiger partial charge in [0.15, 0.2) is 0 Å². The van der Waals surface area contributed by atoms with Gasteiger partial charge in [-0.3, -0.25) is 14.4 Å². The highest BCUT2D eigenvalue weighted by Gasteiger charge is 2.27. The number of anilines is 2. The topological polar surface area (TPSA) is 174 Å². The molecule has 3 aromatic carbocycles. The molecule has 3 rings (SSSR count). The second-order valence-electron chi connectivity index (χ2n) is 10.9. The van der Waals surface area contributed by atoms with Gasteiger partial charge in [0.05, 0.1) is 6.42 Å². The molecule has 0 aliphatic rings. The number of para-hydroxylation sites is 1. The third kappa shape index (κ3) is 11.6. The summed E-state index contributed by atoms with van der Waals surface area (Å²) in [5.41, 5.74) is 3.32. The van der Waals surface area contributed by atoms with E-state index >= 15 is 0 Å². The van der Waals surface area contributed by atoms with Crippen LogP contribution in [0, 0.1) is 5.92 Å². The predicted octanol–water partition coefficient (Wildman–Crippen LogP) is 4.23. The van der Waals surface area contributed by atoms with Gasteiger partial charge in [-0.05, 0) is 59.7 Å². The Bertz CT molecular complexity index is 1420. The number of carboxylic acid groups (broad SMARTS) is 2. The van der Waals surface area contributed by atoms with Gasteiger partial charge in [-0.15, -0.1) is 0 Å². The maximum Gasteiger partial charge on any atom is 0.326 e. The maximum atomic E-state index is 13.2. The SMILES string of the molecule is CC(C)C[C@H](NC(=O)Cc1ccc(NC(=O)Nc2ccccc2)cc1)C(=O)N[C@@H](Cc1ccc(CCC(=O)O)cc1)C(=O)O. The molecular weight excluding hydrogens is 564 g/mol. The molecule has 0 spiro atoms. The Balaban J connectivity index is 1.56. The number of urea groups is 1. The van der Waals surface area contributed by atoms with E-state index in [0.717, 1.165) is 5.56 Å². The van der Waals surface area contributed by atoms with Crippen LogP contribution in [0.3, 0.4) is 0 Å². The van der Waals surface area contributed by atoms with E-state index in [1.807, 2.05) is 32.0 Å². The minimum atomic E-state index is -1.22. The van der Waals surface area contributed by atoms with Crippen LogP contribution in [0.25, 0.3) is 0 Å². The van der Waals surface area contributed by atoms with Gasteiger partial charge >= 0.3 is 18.0 Å². The average Bonchev–Trinajstić information content (AvgIpc) is 2.97. The number of carbonyl (C=O) groups is 5. The van der Waals surface area contributed by atoms with E-state index in [9.17, 15) is 29.1 Å². The van der Waals surface area contributed by atoms with Crippen molar-refractivity contribution in [2.75, 3.05) is 10.6 Å². The van der Waals surface area contributed by atoms with Gasteiger partial charge in [-0.2, -0.15) is 0 Å². The van der Waals surface area contributed by atoms with Gasteiger partial charge in [0.25, 0.3) is 0 Å². The molecule has 0 aliphatic carbocycles. The fourth-order valence-electron chi connectivity index (χ4n) is 4.46. The van der Waals surface area contributed by atoms with Crippen molar-refractivity contribution in [3.8, 4) is 0 Å². The minimum Gasteiger partial charge on any atom is -0.481 e. The van der Waals surface area contributed by atoms with E-state index in [-0.39, 0.29) is 25.2 Å². The number of carbonyl (C=O) groups excluding carboxylic acids is 3. The van der Waals surface area contributed by atoms with Gasteiger partial charge in [0, 0.05) is 24.2 Å². The number of benzene rings is 3. The Labute approximate surface area is 256 Å². The highest BCUT2D eigenvalue weighted by atomic mass is 16.4. The number of aliphatic carboxylic acids is 2. The lowest BCUT2D eigenvalue weighted by Crippen LogP contribution is -2.52. The molecule has 0 saturated carbocycles. The molecule has 232 valence electrons. The zero-order valence-corrected chi connectivity index (χ0v) is 24.7. The third-order valence-electron chi connectivity index (χ3n) is 6.67. The standard InChI is InChI=1S/C33H38N4O7/c1-21(2)18-27(31(41)37-28(32(42)43)19-23-10-8-22(9-11-23)14-17-30(39)40)36-29(38)20-24-12-15-26(16-13-24)35-33(44)34-25-6-4-3-5-7-25/h3-13,15-16,21,27-28H,14,17-20H2,1-2H3,(H,36,38)(H,37,41)(H,39,40)(H,42,43)(H2,34,35,44)/t27-,28-/m0/s1. The number of aryl methyl sites for hydroxylation is 1. The molecule has 0 saturated heterocycles. The van der Waals surface area contributed by atoms with Crippen molar-refractivity contribution >= 4 is 41.2 Å². The largest absolute Gasteiger partial charge is 0.481 e. The summed E-state index contributed by atoms with van der Waals surface area (Å²) < 4.78 is 0. The lowest BCUT2D eigenvalue weighted by molar-refractivity contribution is -0.142. The number of hydrogen-bond donors (Lipinski definition) is 6. The van der Waals surface area contributed by atoms with E-state index in [4.69, 9.17) is 5.11 Å². The van der Waals surface area contributed by atoms with Gasteiger partial charge in [0.2, 0.25) is 11.8 Å². The summed E-state index contributed by atoms with van der Waals surface area (Å²) in [5.74, 6) is -3.07. The number of carboxylic acids is 2. The summed E-state index contributed by atoms with van der Waals surface area (Å²) in [7, 11) is 0. The lowest BCUT2D eigenvalue weighted by atomic mass is 10.00. The molecule has 0 bridgehead atoms. The Morgan fingerprint density at radius 1 is 0.682 bits per heavy atom. The van der Waals surface area contributed by atoms with Crippen molar-refractivity contribution < 1.29 is 34.2 Å². The predicted molar refractivity (Wildman–Crippen MR) is 166 cm³/mol. The lowest BCUT2D eigenvalue weighted by Gasteiger charge is -2.23. The molecule has 0 aliphatic heterocycles. The second kappa shape index (κ2) is 16.4. The maximum absolute atomic E-state index is 13.2. The Morgan fingerprint density at radius 3 is 1.82 bits per heavy atom. The van der Waals surface area contributed by atoms with Crippen LogP contribution in [0.4, 0.5) is 16.2 Å². The quantitative estimate of drug-likeness (QED) is 0.151. The fourth-order valence-corrected chi connectivity index (χ4v) is 4.46. The average molecular weight is 603 g/mol. The van der Waals surface area contributed by atoms with Crippen LogP contribution in [0.1, 0.15) is 43.4 Å². The van der Waals surface area contributed by atoms with E-state index < -0.39 is 41.9 Å². The highest BCUT2D eigenvalue weighted by molar-refractivity contribution is 5.99. The van der Waals surface area contributed by atoms with E-state index in [1.165, 1.54) is 0 Å².